The van der Waals surface area contributed by atoms with Gasteiger partial charge in [0.2, 0.25) is 0 Å². The lowest BCUT2D eigenvalue weighted by molar-refractivity contribution is 0.0725. The van der Waals surface area contributed by atoms with Gasteiger partial charge in [0.1, 0.15) is 0 Å². The fraction of sp³-hybridized carbons (Fsp3) is 0.214. The smallest absolute Gasteiger partial charge is 0.364 e. The lowest BCUT2D eigenvalue weighted by Crippen LogP contribution is -2.25. The maximum atomic E-state index is 12.1. The number of ether oxygens (including phenoxy) is 1. The highest BCUT2D eigenvalue weighted by molar-refractivity contribution is 6.40. The van der Waals surface area contributed by atoms with Crippen LogP contribution in [-0.2, 0) is 6.54 Å². The molecule has 0 radical (unpaired) electrons. The Morgan fingerprint density at radius 2 is 1.86 bits per heavy atom. The van der Waals surface area contributed by atoms with E-state index < -0.39 is 5.97 Å². The monoisotopic (exact) mass is 360 g/mol. The molecule has 1 aromatic heterocycles. The molecular formula is C14H11Cl3N2O3. The minimum absolute atomic E-state index is 0.00669. The summed E-state index contributed by atoms with van der Waals surface area (Å²) < 4.78 is 6.35. The molecule has 1 aromatic carbocycles. The molecule has 2 aromatic rings. The van der Waals surface area contributed by atoms with Gasteiger partial charge in [0.15, 0.2) is 11.4 Å². The van der Waals surface area contributed by atoms with E-state index in [4.69, 9.17) is 39.5 Å². The van der Waals surface area contributed by atoms with E-state index in [2.05, 4.69) is 5.10 Å². The van der Waals surface area contributed by atoms with Crippen LogP contribution in [0, 0.1) is 0 Å². The van der Waals surface area contributed by atoms with E-state index in [1.54, 1.807) is 0 Å². The number of nitrogens with zero attached hydrogens (tertiary/aromatic N) is 2. The number of hydrogen-bond acceptors (Lipinski definition) is 4. The van der Waals surface area contributed by atoms with Crippen LogP contribution in [-0.4, -0.2) is 15.7 Å². The first-order valence-electron chi connectivity index (χ1n) is 6.37. The van der Waals surface area contributed by atoms with E-state index in [9.17, 15) is 9.59 Å². The Bertz CT molecular complexity index is 751. The van der Waals surface area contributed by atoms with E-state index in [-0.39, 0.29) is 27.0 Å². The largest absolute Gasteiger partial charge is 0.419 e. The molecule has 0 atom stereocenters. The number of benzene rings is 1. The highest BCUT2D eigenvalue weighted by Crippen LogP contribution is 2.36. The molecule has 0 aliphatic rings. The second-order valence-corrected chi connectivity index (χ2v) is 5.62. The first-order chi connectivity index (χ1) is 10.4. The zero-order chi connectivity index (χ0) is 16.3. The molecule has 0 unspecified atom stereocenters. The molecule has 0 spiro atoms. The Labute approximate surface area is 141 Å². The van der Waals surface area contributed by atoms with Crippen LogP contribution in [0.15, 0.2) is 29.1 Å². The quantitative estimate of drug-likeness (QED) is 0.613. The van der Waals surface area contributed by atoms with Crippen LogP contribution >= 0.6 is 34.8 Å². The van der Waals surface area contributed by atoms with E-state index >= 15 is 0 Å². The molecule has 0 saturated heterocycles. The van der Waals surface area contributed by atoms with E-state index in [1.165, 1.54) is 28.9 Å². The van der Waals surface area contributed by atoms with Gasteiger partial charge in [-0.05, 0) is 24.6 Å². The van der Waals surface area contributed by atoms with E-state index in [0.717, 1.165) is 0 Å². The van der Waals surface area contributed by atoms with Crippen molar-refractivity contribution >= 4 is 40.8 Å². The van der Waals surface area contributed by atoms with Crippen LogP contribution in [0.4, 0.5) is 0 Å². The summed E-state index contributed by atoms with van der Waals surface area (Å²) in [6, 6.07) is 5.35. The molecule has 22 heavy (non-hydrogen) atoms. The number of rotatable bonds is 4. The van der Waals surface area contributed by atoms with Crippen molar-refractivity contribution in [1.82, 2.24) is 9.78 Å². The number of aryl methyl sites for hydroxylation is 1. The number of carbonyl (C=O) groups excluding carboxylic acids is 1. The Kier molecular flexibility index (Phi) is 5.45. The highest BCUT2D eigenvalue weighted by Gasteiger charge is 2.17. The van der Waals surface area contributed by atoms with Gasteiger partial charge in [-0.25, -0.2) is 9.48 Å². The van der Waals surface area contributed by atoms with Crippen LogP contribution in [0.3, 0.4) is 0 Å². The van der Waals surface area contributed by atoms with Crippen molar-refractivity contribution in [3.63, 3.8) is 0 Å². The molecular weight excluding hydrogens is 351 g/mol. The average molecular weight is 362 g/mol. The predicted molar refractivity (Wildman–Crippen MR) is 85.2 cm³/mol. The Hall–Kier alpha value is -1.56. The van der Waals surface area contributed by atoms with Gasteiger partial charge < -0.3 is 4.74 Å². The average Bonchev–Trinajstić information content (AvgIpc) is 2.45. The summed E-state index contributed by atoms with van der Waals surface area (Å²) in [6.07, 6.45) is 0.709. The maximum absolute atomic E-state index is 12.1. The molecule has 0 amide bonds. The normalized spacial score (nSPS) is 10.5. The van der Waals surface area contributed by atoms with Crippen LogP contribution in [0.2, 0.25) is 15.1 Å². The Morgan fingerprint density at radius 1 is 1.23 bits per heavy atom. The van der Waals surface area contributed by atoms with Crippen molar-refractivity contribution in [2.24, 2.45) is 0 Å². The topological polar surface area (TPSA) is 61.2 Å². The number of esters is 1. The predicted octanol–water partition coefficient (Wildman–Crippen LogP) is 3.83. The molecule has 0 N–H and O–H groups in total. The van der Waals surface area contributed by atoms with Gasteiger partial charge in [-0.1, -0.05) is 41.7 Å². The van der Waals surface area contributed by atoms with E-state index in [1.807, 2.05) is 6.92 Å². The van der Waals surface area contributed by atoms with Crippen LogP contribution in [0.5, 0.6) is 5.75 Å². The first kappa shape index (κ1) is 16.8. The lowest BCUT2D eigenvalue weighted by Gasteiger charge is -2.09. The standard InChI is InChI=1S/C14H11Cl3N2O3/c1-2-5-19-12(20)4-3-11(18-19)14(21)22-13-9(16)6-8(15)7-10(13)17/h3-4,6-7H,2,5H2,1H3. The van der Waals surface area contributed by atoms with Crippen molar-refractivity contribution < 1.29 is 9.53 Å². The summed E-state index contributed by atoms with van der Waals surface area (Å²) >= 11 is 17.7. The fourth-order valence-electron chi connectivity index (χ4n) is 1.70. The first-order valence-corrected chi connectivity index (χ1v) is 7.50. The molecule has 116 valence electrons. The Morgan fingerprint density at radius 3 is 2.45 bits per heavy atom. The SMILES string of the molecule is CCCn1nc(C(=O)Oc2c(Cl)cc(Cl)cc2Cl)ccc1=O. The van der Waals surface area contributed by atoms with Crippen molar-refractivity contribution in [3.05, 3.63) is 55.4 Å². The summed E-state index contributed by atoms with van der Waals surface area (Å²) in [6.45, 7) is 2.30. The van der Waals surface area contributed by atoms with Crippen LogP contribution in [0.1, 0.15) is 23.8 Å². The highest BCUT2D eigenvalue weighted by atomic mass is 35.5. The zero-order valence-electron chi connectivity index (χ0n) is 11.5. The molecule has 0 aliphatic heterocycles. The minimum atomic E-state index is -0.768. The zero-order valence-corrected chi connectivity index (χ0v) is 13.7. The third-order valence-corrected chi connectivity index (χ3v) is 3.45. The third kappa shape index (κ3) is 3.80. The molecule has 0 bridgehead atoms. The summed E-state index contributed by atoms with van der Waals surface area (Å²) in [5.74, 6) is -0.774. The van der Waals surface area contributed by atoms with Crippen molar-refractivity contribution in [2.75, 3.05) is 0 Å². The van der Waals surface area contributed by atoms with Crippen molar-refractivity contribution in [3.8, 4) is 5.75 Å². The fourth-order valence-corrected chi connectivity index (χ4v) is 2.60. The summed E-state index contributed by atoms with van der Waals surface area (Å²) in [7, 11) is 0. The van der Waals surface area contributed by atoms with Gasteiger partial charge in [0, 0.05) is 17.6 Å². The molecule has 0 fully saturated rings. The van der Waals surface area contributed by atoms with Gasteiger partial charge in [0.25, 0.3) is 5.56 Å². The molecule has 2 rings (SSSR count). The molecule has 0 saturated carbocycles. The van der Waals surface area contributed by atoms with Crippen LogP contribution < -0.4 is 10.3 Å². The van der Waals surface area contributed by atoms with Gasteiger partial charge in [-0.15, -0.1) is 0 Å². The second kappa shape index (κ2) is 7.13. The molecule has 5 nitrogen and oxygen atoms in total. The summed E-state index contributed by atoms with van der Waals surface area (Å²) in [5.41, 5.74) is -0.309. The molecule has 8 heteroatoms. The van der Waals surface area contributed by atoms with Crippen molar-refractivity contribution in [1.29, 1.82) is 0 Å². The van der Waals surface area contributed by atoms with Gasteiger partial charge in [-0.3, -0.25) is 4.79 Å². The third-order valence-electron chi connectivity index (χ3n) is 2.67. The second-order valence-electron chi connectivity index (χ2n) is 4.37. The van der Waals surface area contributed by atoms with E-state index in [0.29, 0.717) is 18.0 Å². The maximum Gasteiger partial charge on any atom is 0.364 e. The Balaban J connectivity index is 2.30. The number of carbonyl (C=O) groups is 1. The number of halogens is 3. The van der Waals surface area contributed by atoms with Gasteiger partial charge >= 0.3 is 5.97 Å². The van der Waals surface area contributed by atoms with Gasteiger partial charge in [0.05, 0.1) is 10.0 Å². The lowest BCUT2D eigenvalue weighted by atomic mass is 10.3. The summed E-state index contributed by atoms with van der Waals surface area (Å²) in [4.78, 5) is 23.7. The van der Waals surface area contributed by atoms with Gasteiger partial charge in [-0.2, -0.15) is 5.10 Å². The molecule has 0 aliphatic carbocycles. The van der Waals surface area contributed by atoms with Crippen LogP contribution in [0.25, 0.3) is 0 Å². The summed E-state index contributed by atoms with van der Waals surface area (Å²) in [5, 5.41) is 4.48. The van der Waals surface area contributed by atoms with Crippen molar-refractivity contribution in [2.45, 2.75) is 19.9 Å². The molecule has 1 heterocycles. The number of aromatic nitrogens is 2. The number of hydrogen-bond donors (Lipinski definition) is 0. The minimum Gasteiger partial charge on any atom is -0.419 e.